The summed E-state index contributed by atoms with van der Waals surface area (Å²) in [5.41, 5.74) is 2.57. The van der Waals surface area contributed by atoms with Crippen molar-refractivity contribution in [3.05, 3.63) is 145 Å². The summed E-state index contributed by atoms with van der Waals surface area (Å²) in [6.45, 7) is 3.82. The van der Waals surface area contributed by atoms with E-state index in [1.807, 2.05) is 67.6 Å². The number of thiazole rings is 1. The van der Waals surface area contributed by atoms with E-state index >= 15 is 0 Å². The van der Waals surface area contributed by atoms with E-state index < -0.39 is 12.0 Å². The quantitative estimate of drug-likeness (QED) is 0.190. The van der Waals surface area contributed by atoms with Crippen molar-refractivity contribution in [3.8, 4) is 5.75 Å². The molecule has 3 aromatic carbocycles. The number of rotatable bonds is 6. The number of aromatic nitrogens is 1. The summed E-state index contributed by atoms with van der Waals surface area (Å²) in [6.07, 6.45) is 1.73. The second-order valence-corrected chi connectivity index (χ2v) is 11.4. The lowest BCUT2D eigenvalue weighted by molar-refractivity contribution is -0.130. The number of para-hydroxylation sites is 1. The summed E-state index contributed by atoms with van der Waals surface area (Å²) < 4.78 is 13.8. The van der Waals surface area contributed by atoms with Crippen molar-refractivity contribution < 1.29 is 13.9 Å². The van der Waals surface area contributed by atoms with Gasteiger partial charge in [0.05, 0.1) is 21.8 Å². The van der Waals surface area contributed by atoms with Crippen LogP contribution in [0.3, 0.4) is 0 Å². The van der Waals surface area contributed by atoms with Gasteiger partial charge in [0.15, 0.2) is 9.89 Å². The van der Waals surface area contributed by atoms with Crippen LogP contribution in [0.1, 0.15) is 29.9 Å². The molecule has 0 amide bonds. The Hall–Kier alpha value is -4.40. The number of esters is 1. The van der Waals surface area contributed by atoms with E-state index in [4.69, 9.17) is 9.15 Å². The lowest BCUT2D eigenvalue weighted by Crippen LogP contribution is -2.40. The van der Waals surface area contributed by atoms with Crippen LogP contribution in [0.4, 0.5) is 0 Å². The van der Waals surface area contributed by atoms with Crippen molar-refractivity contribution in [1.82, 2.24) is 4.57 Å². The van der Waals surface area contributed by atoms with Crippen molar-refractivity contribution in [2.45, 2.75) is 29.9 Å². The second kappa shape index (κ2) is 11.0. The van der Waals surface area contributed by atoms with Crippen molar-refractivity contribution in [2.75, 3.05) is 0 Å². The van der Waals surface area contributed by atoms with Crippen LogP contribution in [0.15, 0.2) is 133 Å². The van der Waals surface area contributed by atoms with Crippen molar-refractivity contribution in [2.24, 2.45) is 4.99 Å². The van der Waals surface area contributed by atoms with Crippen molar-refractivity contribution in [3.63, 3.8) is 0 Å². The van der Waals surface area contributed by atoms with Crippen LogP contribution in [0.2, 0.25) is 0 Å². The largest absolute Gasteiger partial charge is 0.450 e. The number of hydrogen-bond donors (Lipinski definition) is 0. The Kier molecular flexibility index (Phi) is 7.11. The first-order valence-corrected chi connectivity index (χ1v) is 14.3. The van der Waals surface area contributed by atoms with E-state index in [1.165, 1.54) is 28.7 Å². The summed E-state index contributed by atoms with van der Waals surface area (Å²) in [5, 5.41) is 0.729. The molecule has 0 saturated heterocycles. The van der Waals surface area contributed by atoms with Crippen LogP contribution in [-0.2, 0) is 4.79 Å². The molecule has 0 aliphatic carbocycles. The summed E-state index contributed by atoms with van der Waals surface area (Å²) in [7, 11) is 0. The number of benzene rings is 3. The number of furan rings is 1. The van der Waals surface area contributed by atoms with Crippen LogP contribution in [0.5, 0.6) is 5.75 Å². The van der Waals surface area contributed by atoms with Gasteiger partial charge in [-0.05, 0) is 55.8 Å². The molecule has 40 heavy (non-hydrogen) atoms. The third-order valence-electron chi connectivity index (χ3n) is 6.43. The normalized spacial score (nSPS) is 15.1. The van der Waals surface area contributed by atoms with E-state index in [0.717, 1.165) is 15.6 Å². The van der Waals surface area contributed by atoms with E-state index in [9.17, 15) is 9.59 Å². The zero-order valence-electron chi connectivity index (χ0n) is 21.7. The molecule has 1 unspecified atom stereocenters. The SMILES string of the molecule is CC1=C(C(=O)Oc2ccccc2)C(c2ccccc2)n2c(s/c(=C/c3ccc(Sc4ccc(C)cc4)o3)c2=O)=N1. The molecular formula is C32H24N2O4S2. The van der Waals surface area contributed by atoms with E-state index in [1.54, 1.807) is 41.8 Å². The lowest BCUT2D eigenvalue weighted by atomic mass is 9.96. The molecular weight excluding hydrogens is 540 g/mol. The standard InChI is InChI=1S/C32H24N2O4S2/c1-20-13-16-25(17-14-20)39-27-18-15-24(37-27)19-26-30(35)34-29(22-9-5-3-6-10-22)28(21(2)33-32(34)40-26)31(36)38-23-11-7-4-8-12-23/h3-19,29H,1-2H3/b26-19+. The first-order chi connectivity index (χ1) is 19.5. The number of carbonyl (C=O) groups is 1. The van der Waals surface area contributed by atoms with Crippen LogP contribution in [0, 0.1) is 6.92 Å². The van der Waals surface area contributed by atoms with Crippen LogP contribution in [0.25, 0.3) is 6.08 Å². The monoisotopic (exact) mass is 564 g/mol. The number of ether oxygens (including phenoxy) is 1. The third-order valence-corrected chi connectivity index (χ3v) is 8.34. The van der Waals surface area contributed by atoms with Gasteiger partial charge in [0.25, 0.3) is 5.56 Å². The van der Waals surface area contributed by atoms with Gasteiger partial charge in [0.2, 0.25) is 0 Å². The number of fused-ring (bicyclic) bond motifs is 1. The smallest absolute Gasteiger partial charge is 0.343 e. The van der Waals surface area contributed by atoms with Gasteiger partial charge in [-0.15, -0.1) is 0 Å². The Morgan fingerprint density at radius 1 is 0.950 bits per heavy atom. The van der Waals surface area contributed by atoms with Crippen LogP contribution >= 0.6 is 23.1 Å². The van der Waals surface area contributed by atoms with Crippen LogP contribution in [-0.4, -0.2) is 10.5 Å². The average molecular weight is 565 g/mol. The lowest BCUT2D eigenvalue weighted by Gasteiger charge is -2.24. The first kappa shape index (κ1) is 25.9. The Labute approximate surface area is 238 Å². The molecule has 3 heterocycles. The Morgan fingerprint density at radius 2 is 1.65 bits per heavy atom. The van der Waals surface area contributed by atoms with Gasteiger partial charge < -0.3 is 9.15 Å². The minimum atomic E-state index is -0.680. The molecule has 2 aromatic heterocycles. The number of aryl methyl sites for hydroxylation is 1. The first-order valence-electron chi connectivity index (χ1n) is 12.7. The maximum Gasteiger partial charge on any atom is 0.343 e. The molecule has 0 radical (unpaired) electrons. The fourth-order valence-electron chi connectivity index (χ4n) is 4.50. The molecule has 1 aliphatic rings. The highest BCUT2D eigenvalue weighted by atomic mass is 32.2. The summed E-state index contributed by atoms with van der Waals surface area (Å²) in [6, 6.07) is 29.6. The number of allylic oxidation sites excluding steroid dienone is 1. The number of nitrogens with zero attached hydrogens (tertiary/aromatic N) is 2. The van der Waals surface area contributed by atoms with Gasteiger partial charge in [-0.3, -0.25) is 9.36 Å². The number of hydrogen-bond acceptors (Lipinski definition) is 7. The fourth-order valence-corrected chi connectivity index (χ4v) is 6.31. The maximum absolute atomic E-state index is 13.8. The molecule has 198 valence electrons. The van der Waals surface area contributed by atoms with E-state index in [-0.39, 0.29) is 5.56 Å². The van der Waals surface area contributed by atoms with Gasteiger partial charge in [-0.2, -0.15) is 0 Å². The molecule has 0 saturated carbocycles. The molecule has 0 N–H and O–H groups in total. The van der Waals surface area contributed by atoms with Gasteiger partial charge in [-0.1, -0.05) is 89.3 Å². The molecule has 5 aromatic rings. The molecule has 1 atom stereocenters. The molecule has 0 spiro atoms. The van der Waals surface area contributed by atoms with Gasteiger partial charge >= 0.3 is 5.97 Å². The summed E-state index contributed by atoms with van der Waals surface area (Å²) in [4.78, 5) is 33.5. The molecule has 1 aliphatic heterocycles. The van der Waals surface area contributed by atoms with Crippen molar-refractivity contribution >= 4 is 35.1 Å². The fraction of sp³-hybridized carbons (Fsp3) is 0.0938. The zero-order chi connectivity index (χ0) is 27.6. The molecule has 0 bridgehead atoms. The Morgan fingerprint density at radius 3 is 2.38 bits per heavy atom. The van der Waals surface area contributed by atoms with Crippen molar-refractivity contribution in [1.29, 1.82) is 0 Å². The second-order valence-electron chi connectivity index (χ2n) is 9.27. The topological polar surface area (TPSA) is 73.8 Å². The minimum absolute atomic E-state index is 0.251. The van der Waals surface area contributed by atoms with E-state index in [2.05, 4.69) is 17.1 Å². The van der Waals surface area contributed by atoms with E-state index in [0.29, 0.717) is 32.1 Å². The van der Waals surface area contributed by atoms with Crippen LogP contribution < -0.4 is 19.6 Å². The molecule has 6 rings (SSSR count). The molecule has 6 nitrogen and oxygen atoms in total. The molecule has 0 fully saturated rings. The average Bonchev–Trinajstić information content (AvgIpc) is 3.53. The zero-order valence-corrected chi connectivity index (χ0v) is 23.4. The minimum Gasteiger partial charge on any atom is -0.450 e. The predicted octanol–water partition coefficient (Wildman–Crippen LogP) is 5.89. The predicted molar refractivity (Wildman–Crippen MR) is 156 cm³/mol. The Bertz CT molecular complexity index is 1900. The van der Waals surface area contributed by atoms with Gasteiger partial charge in [0.1, 0.15) is 11.5 Å². The maximum atomic E-state index is 13.8. The van der Waals surface area contributed by atoms with Gasteiger partial charge in [0, 0.05) is 11.0 Å². The Balaban J connectivity index is 1.39. The highest BCUT2D eigenvalue weighted by Gasteiger charge is 2.33. The highest BCUT2D eigenvalue weighted by Crippen LogP contribution is 2.32. The highest BCUT2D eigenvalue weighted by molar-refractivity contribution is 7.99. The summed E-state index contributed by atoms with van der Waals surface area (Å²) >= 11 is 2.78. The molecule has 8 heteroatoms. The third kappa shape index (κ3) is 5.23. The number of carbonyl (C=O) groups excluding carboxylic acids is 1. The summed E-state index contributed by atoms with van der Waals surface area (Å²) in [5.74, 6) is 0.448. The van der Waals surface area contributed by atoms with Gasteiger partial charge in [-0.25, -0.2) is 9.79 Å².